The number of thiazole rings is 1. The largest absolute Gasteiger partial charge is 0.416 e. The zero-order chi connectivity index (χ0) is 31.4. The maximum atomic E-state index is 13.1. The Hall–Kier alpha value is -4.10. The van der Waals surface area contributed by atoms with E-state index in [9.17, 15) is 21.6 Å². The van der Waals surface area contributed by atoms with Gasteiger partial charge in [-0.25, -0.2) is 13.4 Å². The number of hydrogen-bond acceptors (Lipinski definition) is 7. The summed E-state index contributed by atoms with van der Waals surface area (Å²) in [6.45, 7) is 3.18. The molecule has 3 heterocycles. The van der Waals surface area contributed by atoms with Crippen LogP contribution in [0, 0.1) is 0 Å². The number of halogens is 3. The van der Waals surface area contributed by atoms with Crippen LogP contribution in [0.2, 0.25) is 0 Å². The van der Waals surface area contributed by atoms with Gasteiger partial charge in [0.25, 0.3) is 10.0 Å². The van der Waals surface area contributed by atoms with Crippen molar-refractivity contribution in [2.75, 3.05) is 31.0 Å². The van der Waals surface area contributed by atoms with Crippen LogP contribution >= 0.6 is 11.3 Å². The SMILES string of the molecule is O=S(=O)(Nc1ccc(CCN2CCOC(c3cccnc3)C2)cc1)c1ccc(-c2nc(-c3ccc(C(F)(F)F)cc3)cs2)cc1. The van der Waals surface area contributed by atoms with Gasteiger partial charge in [-0.15, -0.1) is 11.3 Å². The van der Waals surface area contributed by atoms with Crippen LogP contribution < -0.4 is 4.72 Å². The molecule has 1 unspecified atom stereocenters. The molecule has 0 aliphatic carbocycles. The lowest BCUT2D eigenvalue weighted by atomic mass is 10.1. The van der Waals surface area contributed by atoms with Crippen molar-refractivity contribution >= 4 is 27.0 Å². The summed E-state index contributed by atoms with van der Waals surface area (Å²) < 4.78 is 73.3. The number of ether oxygens (including phenoxy) is 1. The van der Waals surface area contributed by atoms with Crippen molar-refractivity contribution in [3.63, 3.8) is 0 Å². The van der Waals surface area contributed by atoms with E-state index in [0.717, 1.165) is 49.3 Å². The molecule has 7 nitrogen and oxygen atoms in total. The highest BCUT2D eigenvalue weighted by Gasteiger charge is 2.30. The molecule has 1 N–H and O–H groups in total. The van der Waals surface area contributed by atoms with Gasteiger partial charge in [0.2, 0.25) is 0 Å². The van der Waals surface area contributed by atoms with Crippen molar-refractivity contribution in [2.24, 2.45) is 0 Å². The first kappa shape index (κ1) is 30.9. The normalized spacial score (nSPS) is 16.0. The topological polar surface area (TPSA) is 84.4 Å². The maximum Gasteiger partial charge on any atom is 0.416 e. The summed E-state index contributed by atoms with van der Waals surface area (Å²) in [5, 5.41) is 2.38. The molecule has 12 heteroatoms. The lowest BCUT2D eigenvalue weighted by Crippen LogP contribution is -2.39. The van der Waals surface area contributed by atoms with Gasteiger partial charge in [-0.2, -0.15) is 13.2 Å². The number of nitrogens with one attached hydrogen (secondary N) is 1. The van der Waals surface area contributed by atoms with E-state index in [2.05, 4.69) is 19.6 Å². The van der Waals surface area contributed by atoms with Gasteiger partial charge in [0.15, 0.2) is 0 Å². The molecule has 0 radical (unpaired) electrons. The van der Waals surface area contributed by atoms with Gasteiger partial charge >= 0.3 is 6.18 Å². The summed E-state index contributed by atoms with van der Waals surface area (Å²) in [7, 11) is -3.83. The highest BCUT2D eigenvalue weighted by atomic mass is 32.2. The first-order valence-electron chi connectivity index (χ1n) is 14.2. The predicted molar refractivity (Wildman–Crippen MR) is 168 cm³/mol. The summed E-state index contributed by atoms with van der Waals surface area (Å²) >= 11 is 1.33. The van der Waals surface area contributed by atoms with Crippen molar-refractivity contribution in [3.05, 3.63) is 119 Å². The van der Waals surface area contributed by atoms with E-state index in [1.54, 1.807) is 35.8 Å². The Bertz CT molecular complexity index is 1830. The molecule has 232 valence electrons. The maximum absolute atomic E-state index is 13.1. The lowest BCUT2D eigenvalue weighted by Gasteiger charge is -2.33. The number of anilines is 1. The van der Waals surface area contributed by atoms with Crippen LogP contribution in [0.5, 0.6) is 0 Å². The molecule has 0 bridgehead atoms. The summed E-state index contributed by atoms with van der Waals surface area (Å²) in [6, 6.07) is 22.5. The molecule has 1 atom stereocenters. The molecule has 45 heavy (non-hydrogen) atoms. The van der Waals surface area contributed by atoms with Crippen LogP contribution in [0.3, 0.4) is 0 Å². The number of aromatic nitrogens is 2. The lowest BCUT2D eigenvalue weighted by molar-refractivity contribution is -0.137. The highest BCUT2D eigenvalue weighted by molar-refractivity contribution is 7.92. The highest BCUT2D eigenvalue weighted by Crippen LogP contribution is 2.33. The minimum Gasteiger partial charge on any atom is -0.371 e. The second-order valence-corrected chi connectivity index (χ2v) is 13.2. The fourth-order valence-electron chi connectivity index (χ4n) is 5.06. The average molecular weight is 651 g/mol. The van der Waals surface area contributed by atoms with Crippen molar-refractivity contribution in [1.29, 1.82) is 0 Å². The number of sulfonamides is 1. The Kier molecular flexibility index (Phi) is 8.99. The molecule has 3 aromatic carbocycles. The predicted octanol–water partition coefficient (Wildman–Crippen LogP) is 7.31. The molecular formula is C33H29F3N4O3S2. The van der Waals surface area contributed by atoms with Crippen LogP contribution in [-0.4, -0.2) is 49.5 Å². The molecule has 0 amide bonds. The van der Waals surface area contributed by atoms with E-state index < -0.39 is 21.8 Å². The summed E-state index contributed by atoms with van der Waals surface area (Å²) in [5.74, 6) is 0. The van der Waals surface area contributed by atoms with E-state index in [1.807, 2.05) is 30.5 Å². The molecule has 1 aliphatic rings. The molecule has 1 fully saturated rings. The molecule has 0 saturated carbocycles. The van der Waals surface area contributed by atoms with Crippen molar-refractivity contribution in [1.82, 2.24) is 14.9 Å². The molecule has 2 aromatic heterocycles. The summed E-state index contributed by atoms with van der Waals surface area (Å²) in [6.07, 6.45) is 0.0209. The number of hydrogen-bond donors (Lipinski definition) is 1. The summed E-state index contributed by atoms with van der Waals surface area (Å²) in [4.78, 5) is 11.2. The van der Waals surface area contributed by atoms with Gasteiger partial charge < -0.3 is 4.74 Å². The smallest absolute Gasteiger partial charge is 0.371 e. The third kappa shape index (κ3) is 7.59. The average Bonchev–Trinajstić information content (AvgIpc) is 3.55. The Morgan fingerprint density at radius 1 is 0.956 bits per heavy atom. The Morgan fingerprint density at radius 3 is 2.38 bits per heavy atom. The molecule has 0 spiro atoms. The van der Waals surface area contributed by atoms with Crippen molar-refractivity contribution in [3.8, 4) is 21.8 Å². The zero-order valence-electron chi connectivity index (χ0n) is 23.9. The van der Waals surface area contributed by atoms with Crippen molar-refractivity contribution < 1.29 is 26.3 Å². The fraction of sp³-hybridized carbons (Fsp3) is 0.212. The molecule has 1 saturated heterocycles. The molecular weight excluding hydrogens is 622 g/mol. The number of pyridine rings is 1. The minimum atomic E-state index is -4.40. The Morgan fingerprint density at radius 2 is 1.69 bits per heavy atom. The van der Waals surface area contributed by atoms with E-state index in [-0.39, 0.29) is 11.0 Å². The zero-order valence-corrected chi connectivity index (χ0v) is 25.6. The van der Waals surface area contributed by atoms with Gasteiger partial charge in [0.1, 0.15) is 5.01 Å². The van der Waals surface area contributed by atoms with Crippen LogP contribution in [0.25, 0.3) is 21.8 Å². The van der Waals surface area contributed by atoms with Gasteiger partial charge in [-0.05, 0) is 54.4 Å². The third-order valence-electron chi connectivity index (χ3n) is 7.55. The number of morpholine rings is 1. The van der Waals surface area contributed by atoms with E-state index >= 15 is 0 Å². The van der Waals surface area contributed by atoms with Crippen LogP contribution in [0.1, 0.15) is 22.8 Å². The van der Waals surface area contributed by atoms with Crippen LogP contribution in [-0.2, 0) is 27.4 Å². The van der Waals surface area contributed by atoms with Gasteiger partial charge in [0, 0.05) is 59.8 Å². The molecule has 5 aromatic rings. The van der Waals surface area contributed by atoms with Gasteiger partial charge in [0.05, 0.1) is 28.9 Å². The van der Waals surface area contributed by atoms with E-state index in [0.29, 0.717) is 34.1 Å². The fourth-order valence-corrected chi connectivity index (χ4v) is 6.95. The Balaban J connectivity index is 1.04. The minimum absolute atomic E-state index is 0.00467. The van der Waals surface area contributed by atoms with Crippen molar-refractivity contribution in [2.45, 2.75) is 23.6 Å². The van der Waals surface area contributed by atoms with E-state index in [4.69, 9.17) is 4.74 Å². The second-order valence-electron chi connectivity index (χ2n) is 10.6. The molecule has 6 rings (SSSR count). The molecule has 1 aliphatic heterocycles. The number of nitrogens with zero attached hydrogens (tertiary/aromatic N) is 3. The first-order chi connectivity index (χ1) is 21.6. The number of alkyl halides is 3. The Labute approximate surface area is 263 Å². The van der Waals surface area contributed by atoms with E-state index in [1.165, 1.54) is 35.6 Å². The quantitative estimate of drug-likeness (QED) is 0.180. The monoisotopic (exact) mass is 650 g/mol. The second kappa shape index (κ2) is 13.1. The first-order valence-corrected chi connectivity index (χ1v) is 16.6. The van der Waals surface area contributed by atoms with Crippen LogP contribution in [0.15, 0.2) is 108 Å². The third-order valence-corrected chi connectivity index (χ3v) is 9.84. The number of benzene rings is 3. The summed E-state index contributed by atoms with van der Waals surface area (Å²) in [5.41, 5.74) is 3.73. The van der Waals surface area contributed by atoms with Gasteiger partial charge in [-0.1, -0.05) is 42.5 Å². The van der Waals surface area contributed by atoms with Crippen LogP contribution in [0.4, 0.5) is 18.9 Å². The van der Waals surface area contributed by atoms with Gasteiger partial charge in [-0.3, -0.25) is 14.6 Å². The number of rotatable bonds is 9. The standard InChI is InChI=1S/C33H29F3N4O3S2/c34-33(35,36)27-9-5-24(6-10-27)30-22-44-32(38-30)25-7-13-29(14-8-25)45(41,42)39-28-11-3-23(4-12-28)15-17-40-18-19-43-31(21-40)26-2-1-16-37-20-26/h1-14,16,20,22,31,39H,15,17-19,21H2.